The molecule has 1 heterocycles. The molecule has 0 atom stereocenters. The summed E-state index contributed by atoms with van der Waals surface area (Å²) in [7, 11) is 7.22. The molecule has 2 aromatic carbocycles. The average Bonchev–Trinajstić information content (AvgIpc) is 2.89. The molecule has 0 saturated carbocycles. The van der Waals surface area contributed by atoms with Gasteiger partial charge in [0, 0.05) is 26.2 Å². The van der Waals surface area contributed by atoms with Gasteiger partial charge in [-0.1, -0.05) is 12.1 Å². The molecule has 7 heteroatoms. The maximum absolute atomic E-state index is 5.26. The van der Waals surface area contributed by atoms with Gasteiger partial charge in [-0.2, -0.15) is 0 Å². The van der Waals surface area contributed by atoms with Crippen LogP contribution in [0.25, 0.3) is 0 Å². The van der Waals surface area contributed by atoms with Crippen molar-refractivity contribution >= 4 is 22.9 Å². The van der Waals surface area contributed by atoms with Crippen molar-refractivity contribution in [2.45, 2.75) is 0 Å². The van der Waals surface area contributed by atoms with Crippen molar-refractivity contribution in [1.82, 2.24) is 8.52 Å². The predicted octanol–water partition coefficient (Wildman–Crippen LogP) is 2.91. The Bertz CT molecular complexity index is 1010. The maximum atomic E-state index is 5.26. The maximum Gasteiger partial charge on any atom is 0.221 e. The quantitative estimate of drug-likeness (QED) is 0.722. The molecule has 0 fully saturated rings. The molecule has 0 N–H and O–H groups in total. The standard InChI is InChI=1S/C18H20N4O2S/c1-21-17(19-13-7-5-9-15(11-13)23-3)22(2)25-18(21)20-14-8-6-10-16(12-14)24-4/h5-12H,1-4H3. The second kappa shape index (κ2) is 7.40. The molecule has 0 amide bonds. The number of methoxy groups -OCH3 is 2. The zero-order valence-electron chi connectivity index (χ0n) is 14.6. The first-order valence-electron chi connectivity index (χ1n) is 7.71. The Kier molecular flexibility index (Phi) is 5.04. The lowest BCUT2D eigenvalue weighted by molar-refractivity contribution is 0.415. The van der Waals surface area contributed by atoms with Gasteiger partial charge in [-0.25, -0.2) is 9.98 Å². The molecule has 130 valence electrons. The molecule has 1 aromatic heterocycles. The molecule has 6 nitrogen and oxygen atoms in total. The van der Waals surface area contributed by atoms with Gasteiger partial charge in [-0.3, -0.25) is 8.52 Å². The molecule has 0 aliphatic rings. The molecule has 25 heavy (non-hydrogen) atoms. The monoisotopic (exact) mass is 356 g/mol. The summed E-state index contributed by atoms with van der Waals surface area (Å²) in [6.07, 6.45) is 0. The van der Waals surface area contributed by atoms with E-state index in [9.17, 15) is 0 Å². The number of aromatic nitrogens is 2. The lowest BCUT2D eigenvalue weighted by Crippen LogP contribution is -2.26. The van der Waals surface area contributed by atoms with Crippen molar-refractivity contribution in [2.24, 2.45) is 24.1 Å². The summed E-state index contributed by atoms with van der Waals surface area (Å²) in [5.74, 6) is 1.56. The Hall–Kier alpha value is -2.80. The molecular formula is C18H20N4O2S. The first-order chi connectivity index (χ1) is 12.1. The van der Waals surface area contributed by atoms with Crippen LogP contribution in [0.2, 0.25) is 0 Å². The number of nitrogens with zero attached hydrogens (tertiary/aromatic N) is 4. The Morgan fingerprint density at radius 3 is 1.96 bits per heavy atom. The minimum absolute atomic E-state index is 0.781. The predicted molar refractivity (Wildman–Crippen MR) is 98.7 cm³/mol. The molecule has 0 radical (unpaired) electrons. The Morgan fingerprint density at radius 2 is 1.40 bits per heavy atom. The summed E-state index contributed by atoms with van der Waals surface area (Å²) < 4.78 is 14.5. The van der Waals surface area contributed by atoms with E-state index in [4.69, 9.17) is 19.5 Å². The fourth-order valence-electron chi connectivity index (χ4n) is 2.35. The van der Waals surface area contributed by atoms with Gasteiger partial charge in [-0.05, 0) is 35.8 Å². The summed E-state index contributed by atoms with van der Waals surface area (Å²) >= 11 is 1.53. The summed E-state index contributed by atoms with van der Waals surface area (Å²) in [4.78, 5) is 10.3. The molecule has 0 saturated heterocycles. The highest BCUT2D eigenvalue weighted by Gasteiger charge is 2.02. The van der Waals surface area contributed by atoms with E-state index in [1.165, 1.54) is 11.5 Å². The molecule has 0 unspecified atom stereocenters. The van der Waals surface area contributed by atoms with Crippen LogP contribution in [0.1, 0.15) is 0 Å². The van der Waals surface area contributed by atoms with E-state index in [0.717, 1.165) is 33.3 Å². The topological polar surface area (TPSA) is 53.0 Å². The third-order valence-electron chi connectivity index (χ3n) is 3.65. The van der Waals surface area contributed by atoms with E-state index in [2.05, 4.69) is 0 Å². The molecule has 3 rings (SSSR count). The van der Waals surface area contributed by atoms with Crippen LogP contribution < -0.4 is 19.9 Å². The average molecular weight is 356 g/mol. The number of rotatable bonds is 4. The first kappa shape index (κ1) is 17.0. The summed E-state index contributed by atoms with van der Waals surface area (Å²) in [6.45, 7) is 0. The number of ether oxygens (including phenoxy) is 2. The highest BCUT2D eigenvalue weighted by molar-refractivity contribution is 7.03. The number of hydrogen-bond acceptors (Lipinski definition) is 5. The van der Waals surface area contributed by atoms with Gasteiger partial charge in [0.15, 0.2) is 0 Å². The van der Waals surface area contributed by atoms with Gasteiger partial charge in [0.1, 0.15) is 11.5 Å². The Balaban J connectivity index is 2.09. The number of benzene rings is 2. The van der Waals surface area contributed by atoms with Gasteiger partial charge in [0.05, 0.1) is 25.6 Å². The van der Waals surface area contributed by atoms with Crippen molar-refractivity contribution in [3.63, 3.8) is 0 Å². The molecule has 0 aliphatic carbocycles. The second-order valence-electron chi connectivity index (χ2n) is 5.36. The van der Waals surface area contributed by atoms with Gasteiger partial charge in [-0.15, -0.1) is 0 Å². The lowest BCUT2D eigenvalue weighted by Gasteiger charge is -2.00. The van der Waals surface area contributed by atoms with Crippen LogP contribution in [-0.4, -0.2) is 22.7 Å². The molecule has 0 aliphatic heterocycles. The fraction of sp³-hybridized carbons (Fsp3) is 0.222. The van der Waals surface area contributed by atoms with Crippen molar-refractivity contribution in [2.75, 3.05) is 14.2 Å². The largest absolute Gasteiger partial charge is 0.497 e. The zero-order chi connectivity index (χ0) is 17.8. The Morgan fingerprint density at radius 1 is 0.840 bits per heavy atom. The van der Waals surface area contributed by atoms with Crippen LogP contribution in [0.15, 0.2) is 58.5 Å². The van der Waals surface area contributed by atoms with E-state index in [1.807, 2.05) is 71.2 Å². The van der Waals surface area contributed by atoms with Gasteiger partial charge in [0.2, 0.25) is 10.4 Å². The molecule has 3 aromatic rings. The second-order valence-corrected chi connectivity index (χ2v) is 6.45. The van der Waals surface area contributed by atoms with Crippen molar-refractivity contribution < 1.29 is 9.47 Å². The van der Waals surface area contributed by atoms with Crippen LogP contribution in [0.4, 0.5) is 11.4 Å². The first-order valence-corrected chi connectivity index (χ1v) is 8.49. The van der Waals surface area contributed by atoms with Crippen LogP contribution in [0.3, 0.4) is 0 Å². The summed E-state index contributed by atoms with van der Waals surface area (Å²) in [5, 5.41) is 0. The summed E-state index contributed by atoms with van der Waals surface area (Å²) in [5.41, 5.74) is 2.47. The minimum Gasteiger partial charge on any atom is -0.497 e. The van der Waals surface area contributed by atoms with Crippen LogP contribution in [-0.2, 0) is 14.1 Å². The highest BCUT2D eigenvalue weighted by Crippen LogP contribution is 2.19. The normalized spacial score (nSPS) is 12.5. The third-order valence-corrected chi connectivity index (χ3v) is 4.61. The zero-order valence-corrected chi connectivity index (χ0v) is 15.4. The van der Waals surface area contributed by atoms with E-state index in [0.29, 0.717) is 0 Å². The van der Waals surface area contributed by atoms with E-state index < -0.39 is 0 Å². The minimum atomic E-state index is 0.781. The molecule has 0 bridgehead atoms. The van der Waals surface area contributed by atoms with Crippen LogP contribution in [0.5, 0.6) is 11.5 Å². The molecular weight excluding hydrogens is 336 g/mol. The van der Waals surface area contributed by atoms with Gasteiger partial charge >= 0.3 is 0 Å². The fourth-order valence-corrected chi connectivity index (χ4v) is 3.19. The number of hydrogen-bond donors (Lipinski definition) is 0. The number of aryl methyl sites for hydroxylation is 1. The van der Waals surface area contributed by atoms with Crippen molar-refractivity contribution in [3.05, 3.63) is 59.0 Å². The van der Waals surface area contributed by atoms with Crippen molar-refractivity contribution in [1.29, 1.82) is 0 Å². The lowest BCUT2D eigenvalue weighted by atomic mass is 10.3. The van der Waals surface area contributed by atoms with Gasteiger partial charge in [0.25, 0.3) is 0 Å². The van der Waals surface area contributed by atoms with Crippen LogP contribution >= 0.6 is 11.5 Å². The van der Waals surface area contributed by atoms with E-state index >= 15 is 0 Å². The van der Waals surface area contributed by atoms with E-state index in [-0.39, 0.29) is 0 Å². The smallest absolute Gasteiger partial charge is 0.221 e. The SMILES string of the molecule is COc1cccc(N=c2sn(C)c(=Nc3cccc(OC)c3)n2C)c1. The summed E-state index contributed by atoms with van der Waals surface area (Å²) in [6, 6.07) is 15.3. The van der Waals surface area contributed by atoms with Gasteiger partial charge < -0.3 is 9.47 Å². The molecule has 0 spiro atoms. The van der Waals surface area contributed by atoms with E-state index in [1.54, 1.807) is 14.2 Å². The van der Waals surface area contributed by atoms with Crippen molar-refractivity contribution in [3.8, 4) is 11.5 Å². The Labute approximate surface area is 150 Å². The third kappa shape index (κ3) is 3.83. The van der Waals surface area contributed by atoms with Crippen LogP contribution in [0, 0.1) is 0 Å². The highest BCUT2D eigenvalue weighted by atomic mass is 32.1.